The lowest BCUT2D eigenvalue weighted by molar-refractivity contribution is 0.0887. The highest BCUT2D eigenvalue weighted by Crippen LogP contribution is 2.07. The van der Waals surface area contributed by atoms with Crippen LogP contribution in [0.5, 0.6) is 0 Å². The Balaban J connectivity index is 2.64. The molecule has 0 bridgehead atoms. The number of alkyl halides is 2. The summed E-state index contributed by atoms with van der Waals surface area (Å²) < 4.78 is 23.7. The third-order valence-corrected chi connectivity index (χ3v) is 1.79. The molecule has 0 aliphatic carbocycles. The van der Waals surface area contributed by atoms with E-state index < -0.39 is 18.9 Å². The predicted molar refractivity (Wildman–Crippen MR) is 56.7 cm³/mol. The second-order valence-corrected chi connectivity index (χ2v) is 3.06. The van der Waals surface area contributed by atoms with Gasteiger partial charge < -0.3 is 10.6 Å². The highest BCUT2D eigenvalue weighted by Gasteiger charge is 2.10. The maximum atomic E-state index is 11.9. The van der Waals surface area contributed by atoms with Gasteiger partial charge in [-0.05, 0) is 19.1 Å². The number of hydrogen-bond acceptors (Lipinski definition) is 3. The SMILES string of the molecule is CCNc1ccnc(C(=O)NCC(F)F)c1. The van der Waals surface area contributed by atoms with E-state index in [1.807, 2.05) is 6.92 Å². The molecule has 16 heavy (non-hydrogen) atoms. The molecule has 4 nitrogen and oxygen atoms in total. The molecule has 0 aliphatic rings. The van der Waals surface area contributed by atoms with Crippen molar-refractivity contribution in [2.45, 2.75) is 13.3 Å². The fourth-order valence-electron chi connectivity index (χ4n) is 1.13. The molecule has 0 fully saturated rings. The number of carbonyl (C=O) groups excluding carboxylic acids is 1. The van der Waals surface area contributed by atoms with Gasteiger partial charge in [-0.15, -0.1) is 0 Å². The smallest absolute Gasteiger partial charge is 0.270 e. The Hall–Kier alpha value is -1.72. The Labute approximate surface area is 92.1 Å². The van der Waals surface area contributed by atoms with Crippen LogP contribution < -0.4 is 10.6 Å². The first-order valence-corrected chi connectivity index (χ1v) is 4.89. The largest absolute Gasteiger partial charge is 0.385 e. The minimum absolute atomic E-state index is 0.124. The van der Waals surface area contributed by atoms with E-state index in [1.54, 1.807) is 6.07 Å². The molecule has 1 rings (SSSR count). The summed E-state index contributed by atoms with van der Waals surface area (Å²) in [6, 6.07) is 3.22. The van der Waals surface area contributed by atoms with Crippen LogP contribution in [0.15, 0.2) is 18.3 Å². The molecule has 0 unspecified atom stereocenters. The van der Waals surface area contributed by atoms with Crippen molar-refractivity contribution >= 4 is 11.6 Å². The Bertz CT molecular complexity index is 358. The lowest BCUT2D eigenvalue weighted by Crippen LogP contribution is -2.29. The molecular formula is C10H13F2N3O. The quantitative estimate of drug-likeness (QED) is 0.804. The van der Waals surface area contributed by atoms with Gasteiger partial charge in [0, 0.05) is 18.4 Å². The van der Waals surface area contributed by atoms with Crippen molar-refractivity contribution in [2.75, 3.05) is 18.4 Å². The summed E-state index contributed by atoms with van der Waals surface area (Å²) in [4.78, 5) is 15.2. The van der Waals surface area contributed by atoms with Crippen LogP contribution in [0.25, 0.3) is 0 Å². The van der Waals surface area contributed by atoms with Crippen molar-refractivity contribution < 1.29 is 13.6 Å². The molecular weight excluding hydrogens is 216 g/mol. The number of rotatable bonds is 5. The summed E-state index contributed by atoms with van der Waals surface area (Å²) in [6.45, 7) is 1.96. The fraction of sp³-hybridized carbons (Fsp3) is 0.400. The molecule has 1 amide bonds. The van der Waals surface area contributed by atoms with Gasteiger partial charge in [-0.2, -0.15) is 0 Å². The Kier molecular flexibility index (Phi) is 4.63. The fourth-order valence-corrected chi connectivity index (χ4v) is 1.13. The second kappa shape index (κ2) is 5.99. The van der Waals surface area contributed by atoms with Crippen molar-refractivity contribution in [2.24, 2.45) is 0 Å². The first-order chi connectivity index (χ1) is 7.63. The van der Waals surface area contributed by atoms with Gasteiger partial charge in [0.05, 0.1) is 6.54 Å². The summed E-state index contributed by atoms with van der Waals surface area (Å²) in [5.41, 5.74) is 0.860. The topological polar surface area (TPSA) is 54.0 Å². The van der Waals surface area contributed by atoms with Gasteiger partial charge in [0.25, 0.3) is 12.3 Å². The monoisotopic (exact) mass is 229 g/mol. The molecule has 0 spiro atoms. The van der Waals surface area contributed by atoms with E-state index in [2.05, 4.69) is 15.6 Å². The summed E-state index contributed by atoms with van der Waals surface area (Å²) >= 11 is 0. The van der Waals surface area contributed by atoms with Gasteiger partial charge in [-0.25, -0.2) is 8.78 Å². The van der Waals surface area contributed by atoms with E-state index >= 15 is 0 Å². The molecule has 1 aromatic heterocycles. The van der Waals surface area contributed by atoms with Crippen LogP contribution in [-0.2, 0) is 0 Å². The number of amides is 1. The third kappa shape index (κ3) is 3.80. The number of pyridine rings is 1. The first-order valence-electron chi connectivity index (χ1n) is 4.89. The molecule has 0 aromatic carbocycles. The normalized spacial score (nSPS) is 10.2. The van der Waals surface area contributed by atoms with Crippen LogP contribution in [0.4, 0.5) is 14.5 Å². The molecule has 1 heterocycles. The van der Waals surface area contributed by atoms with Crippen molar-refractivity contribution in [1.82, 2.24) is 10.3 Å². The van der Waals surface area contributed by atoms with Crippen LogP contribution in [0, 0.1) is 0 Å². The molecule has 0 radical (unpaired) electrons. The zero-order valence-electron chi connectivity index (χ0n) is 8.84. The van der Waals surface area contributed by atoms with E-state index in [4.69, 9.17) is 0 Å². The highest BCUT2D eigenvalue weighted by molar-refractivity contribution is 5.93. The van der Waals surface area contributed by atoms with Crippen LogP contribution in [0.1, 0.15) is 17.4 Å². The number of aromatic nitrogens is 1. The second-order valence-electron chi connectivity index (χ2n) is 3.06. The standard InChI is InChI=1S/C10H13F2N3O/c1-2-13-7-3-4-14-8(5-7)10(16)15-6-9(11)12/h3-5,9H,2,6H2,1H3,(H,13,14)(H,15,16). The molecule has 88 valence electrons. The van der Waals surface area contributed by atoms with Crippen molar-refractivity contribution in [3.8, 4) is 0 Å². The van der Waals surface area contributed by atoms with Crippen LogP contribution in [0.3, 0.4) is 0 Å². The Morgan fingerprint density at radius 2 is 2.31 bits per heavy atom. The zero-order valence-corrected chi connectivity index (χ0v) is 8.84. The van der Waals surface area contributed by atoms with Crippen molar-refractivity contribution in [3.05, 3.63) is 24.0 Å². The zero-order chi connectivity index (χ0) is 12.0. The van der Waals surface area contributed by atoms with E-state index in [1.165, 1.54) is 12.3 Å². The molecule has 6 heteroatoms. The third-order valence-electron chi connectivity index (χ3n) is 1.79. The van der Waals surface area contributed by atoms with Crippen LogP contribution in [0.2, 0.25) is 0 Å². The molecule has 0 aliphatic heterocycles. The van der Waals surface area contributed by atoms with Crippen LogP contribution >= 0.6 is 0 Å². The average Bonchev–Trinajstić information content (AvgIpc) is 2.26. The highest BCUT2D eigenvalue weighted by atomic mass is 19.3. The van der Waals surface area contributed by atoms with Crippen LogP contribution in [-0.4, -0.2) is 30.4 Å². The minimum atomic E-state index is -2.55. The number of hydrogen-bond donors (Lipinski definition) is 2. The molecule has 1 aromatic rings. The number of anilines is 1. The van der Waals surface area contributed by atoms with Gasteiger partial charge in [0.1, 0.15) is 5.69 Å². The summed E-state index contributed by atoms with van der Waals surface area (Å²) in [6.07, 6.45) is -1.10. The van der Waals surface area contributed by atoms with Gasteiger partial charge >= 0.3 is 0 Å². The lowest BCUT2D eigenvalue weighted by atomic mass is 10.3. The molecule has 0 atom stereocenters. The number of nitrogens with one attached hydrogen (secondary N) is 2. The minimum Gasteiger partial charge on any atom is -0.385 e. The first kappa shape index (κ1) is 12.4. The number of nitrogens with zero attached hydrogens (tertiary/aromatic N) is 1. The predicted octanol–water partition coefficient (Wildman–Crippen LogP) is 1.51. The molecule has 0 saturated carbocycles. The van der Waals surface area contributed by atoms with E-state index in [0.29, 0.717) is 6.54 Å². The van der Waals surface area contributed by atoms with E-state index in [9.17, 15) is 13.6 Å². The van der Waals surface area contributed by atoms with Gasteiger partial charge in [0.2, 0.25) is 0 Å². The summed E-state index contributed by atoms with van der Waals surface area (Å²) in [7, 11) is 0. The van der Waals surface area contributed by atoms with Crippen molar-refractivity contribution in [3.63, 3.8) is 0 Å². The van der Waals surface area contributed by atoms with Gasteiger partial charge in [-0.3, -0.25) is 9.78 Å². The Morgan fingerprint density at radius 3 is 2.94 bits per heavy atom. The lowest BCUT2D eigenvalue weighted by Gasteiger charge is -2.06. The average molecular weight is 229 g/mol. The summed E-state index contributed by atoms with van der Waals surface area (Å²) in [5.74, 6) is -0.597. The Morgan fingerprint density at radius 1 is 1.56 bits per heavy atom. The van der Waals surface area contributed by atoms with Crippen molar-refractivity contribution in [1.29, 1.82) is 0 Å². The van der Waals surface area contributed by atoms with E-state index in [0.717, 1.165) is 5.69 Å². The van der Waals surface area contributed by atoms with E-state index in [-0.39, 0.29) is 5.69 Å². The number of halogens is 2. The maximum absolute atomic E-state index is 11.9. The molecule has 2 N–H and O–H groups in total. The van der Waals surface area contributed by atoms with Gasteiger partial charge in [-0.1, -0.05) is 0 Å². The number of carbonyl (C=O) groups is 1. The summed E-state index contributed by atoms with van der Waals surface area (Å²) in [5, 5.41) is 5.09. The van der Waals surface area contributed by atoms with Gasteiger partial charge in [0.15, 0.2) is 0 Å². The maximum Gasteiger partial charge on any atom is 0.270 e. The molecule has 0 saturated heterocycles.